The van der Waals surface area contributed by atoms with Crippen molar-refractivity contribution in [2.75, 3.05) is 0 Å². The molecule has 0 aromatic carbocycles. The molecule has 78 valence electrons. The molecule has 2 N–H and O–H groups in total. The second-order valence-corrected chi connectivity index (χ2v) is 13.1. The van der Waals surface area contributed by atoms with Gasteiger partial charge in [-0.3, -0.25) is 0 Å². The molecule has 0 saturated carbocycles. The standard InChI is InChI=1S/C6H19NO3Si3/c1-6(2)12(4)8-11(3)9-13(5,7)10-12/h6,11H,7H2,1-5H3. The zero-order valence-corrected chi connectivity index (χ0v) is 12.1. The first-order chi connectivity index (χ1) is 5.75. The topological polar surface area (TPSA) is 53.7 Å². The molecule has 0 spiro atoms. The monoisotopic (exact) mass is 237 g/mol. The highest BCUT2D eigenvalue weighted by Gasteiger charge is 2.50. The molecule has 1 rings (SSSR count). The molecule has 7 heteroatoms. The average molecular weight is 237 g/mol. The Labute approximate surface area is 83.8 Å². The average Bonchev–Trinajstić information content (AvgIpc) is 1.79. The quantitative estimate of drug-likeness (QED) is 0.689. The van der Waals surface area contributed by atoms with E-state index < -0.39 is 26.6 Å². The number of rotatable bonds is 1. The zero-order chi connectivity index (χ0) is 10.3. The Balaban J connectivity index is 2.78. The number of hydrogen-bond acceptors (Lipinski definition) is 4. The summed E-state index contributed by atoms with van der Waals surface area (Å²) in [5.41, 5.74) is 0.432. The van der Waals surface area contributed by atoms with Gasteiger partial charge in [0.1, 0.15) is 0 Å². The maximum atomic E-state index is 5.97. The van der Waals surface area contributed by atoms with Gasteiger partial charge in [0.25, 0.3) is 0 Å². The van der Waals surface area contributed by atoms with Gasteiger partial charge in [0.15, 0.2) is 0 Å². The van der Waals surface area contributed by atoms with E-state index in [1.165, 1.54) is 0 Å². The highest BCUT2D eigenvalue weighted by atomic mass is 28.5. The summed E-state index contributed by atoms with van der Waals surface area (Å²) in [5.74, 6) is 0. The number of hydrogen-bond donors (Lipinski definition) is 1. The van der Waals surface area contributed by atoms with Crippen molar-refractivity contribution in [3.05, 3.63) is 0 Å². The molecule has 3 atom stereocenters. The van der Waals surface area contributed by atoms with Crippen molar-refractivity contribution >= 4 is 26.6 Å². The Morgan fingerprint density at radius 1 is 1.23 bits per heavy atom. The second kappa shape index (κ2) is 3.57. The van der Waals surface area contributed by atoms with Crippen LogP contribution in [0, 0.1) is 0 Å². The summed E-state index contributed by atoms with van der Waals surface area (Å²) in [5, 5.41) is 5.97. The van der Waals surface area contributed by atoms with Gasteiger partial charge in [-0.1, -0.05) is 13.8 Å². The summed E-state index contributed by atoms with van der Waals surface area (Å²) in [6, 6.07) is 0. The summed E-state index contributed by atoms with van der Waals surface area (Å²) in [6.07, 6.45) is 0. The normalized spacial score (nSPS) is 46.8. The molecule has 3 unspecified atom stereocenters. The molecule has 4 nitrogen and oxygen atoms in total. The minimum atomic E-state index is -2.35. The third kappa shape index (κ3) is 2.72. The predicted octanol–water partition coefficient (Wildman–Crippen LogP) is 0.909. The maximum Gasteiger partial charge on any atom is 0.401 e. The first kappa shape index (κ1) is 11.6. The van der Waals surface area contributed by atoms with E-state index in [2.05, 4.69) is 20.4 Å². The van der Waals surface area contributed by atoms with Gasteiger partial charge < -0.3 is 17.7 Å². The molecule has 0 aliphatic carbocycles. The molecular weight excluding hydrogens is 218 g/mol. The summed E-state index contributed by atoms with van der Waals surface area (Å²) in [7, 11) is -5.92. The van der Waals surface area contributed by atoms with Gasteiger partial charge in [0, 0.05) is 0 Å². The molecular formula is C6H19NO3Si3. The van der Waals surface area contributed by atoms with E-state index in [4.69, 9.17) is 17.7 Å². The molecule has 0 aromatic rings. The van der Waals surface area contributed by atoms with E-state index in [1.807, 2.05) is 13.1 Å². The van der Waals surface area contributed by atoms with Gasteiger partial charge in [-0.25, -0.2) is 0 Å². The SMILES string of the molecule is CC(C)[Si]1(C)O[SiH](C)O[Si](C)(N)O1. The van der Waals surface area contributed by atoms with E-state index in [1.54, 1.807) is 0 Å². The Kier molecular flexibility index (Phi) is 3.18. The van der Waals surface area contributed by atoms with E-state index in [-0.39, 0.29) is 0 Å². The lowest BCUT2D eigenvalue weighted by molar-refractivity contribution is 0.239. The van der Waals surface area contributed by atoms with Gasteiger partial charge in [-0.2, -0.15) is 0 Å². The molecule has 0 aromatic heterocycles. The van der Waals surface area contributed by atoms with Gasteiger partial charge in [-0.05, 0) is 25.2 Å². The molecule has 0 amide bonds. The molecule has 1 fully saturated rings. The molecule has 0 bridgehead atoms. The van der Waals surface area contributed by atoms with Crippen LogP contribution in [0.3, 0.4) is 0 Å². The van der Waals surface area contributed by atoms with Crippen molar-refractivity contribution in [2.45, 2.75) is 39.0 Å². The van der Waals surface area contributed by atoms with Crippen molar-refractivity contribution < 1.29 is 12.3 Å². The minimum Gasteiger partial charge on any atom is -0.418 e. The van der Waals surface area contributed by atoms with Crippen molar-refractivity contribution in [3.63, 3.8) is 0 Å². The van der Waals surface area contributed by atoms with Crippen LogP contribution in [-0.2, 0) is 12.3 Å². The Morgan fingerprint density at radius 3 is 2.15 bits per heavy atom. The molecule has 1 aliphatic heterocycles. The lowest BCUT2D eigenvalue weighted by atomic mass is 10.6. The summed E-state index contributed by atoms with van der Waals surface area (Å²) in [4.78, 5) is 0. The van der Waals surface area contributed by atoms with Crippen LogP contribution in [0.25, 0.3) is 0 Å². The molecule has 1 heterocycles. The zero-order valence-electron chi connectivity index (χ0n) is 8.96. The van der Waals surface area contributed by atoms with Crippen molar-refractivity contribution in [2.24, 2.45) is 5.40 Å². The van der Waals surface area contributed by atoms with Crippen LogP contribution in [0.4, 0.5) is 0 Å². The Hall–Kier alpha value is 0.491. The van der Waals surface area contributed by atoms with Gasteiger partial charge in [-0.15, -0.1) is 0 Å². The molecule has 1 saturated heterocycles. The van der Waals surface area contributed by atoms with Crippen LogP contribution in [-0.4, -0.2) is 26.6 Å². The molecule has 0 radical (unpaired) electrons. The van der Waals surface area contributed by atoms with Gasteiger partial charge >= 0.3 is 26.6 Å². The van der Waals surface area contributed by atoms with E-state index in [9.17, 15) is 0 Å². The minimum absolute atomic E-state index is 0.432. The summed E-state index contributed by atoms with van der Waals surface area (Å²) in [6.45, 7) is 10.3. The fraction of sp³-hybridized carbons (Fsp3) is 1.00. The predicted molar refractivity (Wildman–Crippen MR) is 58.8 cm³/mol. The second-order valence-electron chi connectivity index (χ2n) is 4.09. The van der Waals surface area contributed by atoms with Crippen molar-refractivity contribution in [3.8, 4) is 0 Å². The van der Waals surface area contributed by atoms with Crippen LogP contribution >= 0.6 is 0 Å². The third-order valence-electron chi connectivity index (χ3n) is 2.25. The molecule has 13 heavy (non-hydrogen) atoms. The lowest BCUT2D eigenvalue weighted by Gasteiger charge is -2.44. The summed E-state index contributed by atoms with van der Waals surface area (Å²) >= 11 is 0. The smallest absolute Gasteiger partial charge is 0.401 e. The largest absolute Gasteiger partial charge is 0.418 e. The van der Waals surface area contributed by atoms with E-state index in [0.29, 0.717) is 5.54 Å². The fourth-order valence-corrected chi connectivity index (χ4v) is 13.8. The van der Waals surface area contributed by atoms with Crippen LogP contribution in [0.2, 0.25) is 25.2 Å². The van der Waals surface area contributed by atoms with Crippen molar-refractivity contribution in [1.82, 2.24) is 0 Å². The van der Waals surface area contributed by atoms with E-state index >= 15 is 0 Å². The third-order valence-corrected chi connectivity index (χ3v) is 14.0. The maximum absolute atomic E-state index is 5.97. The fourth-order valence-electron chi connectivity index (χ4n) is 1.39. The van der Waals surface area contributed by atoms with E-state index in [0.717, 1.165) is 0 Å². The highest BCUT2D eigenvalue weighted by molar-refractivity contribution is 6.87. The number of nitrogens with two attached hydrogens (primary N) is 1. The van der Waals surface area contributed by atoms with Gasteiger partial charge in [0.05, 0.1) is 0 Å². The van der Waals surface area contributed by atoms with Crippen LogP contribution in [0.5, 0.6) is 0 Å². The van der Waals surface area contributed by atoms with Crippen LogP contribution < -0.4 is 5.40 Å². The van der Waals surface area contributed by atoms with Crippen molar-refractivity contribution in [1.29, 1.82) is 0 Å². The van der Waals surface area contributed by atoms with Crippen LogP contribution in [0.1, 0.15) is 13.8 Å². The Morgan fingerprint density at radius 2 is 1.77 bits per heavy atom. The highest BCUT2D eigenvalue weighted by Crippen LogP contribution is 2.30. The van der Waals surface area contributed by atoms with Gasteiger partial charge in [0.2, 0.25) is 0 Å². The first-order valence-electron chi connectivity index (χ1n) is 4.60. The Bertz CT molecular complexity index is 202. The first-order valence-corrected chi connectivity index (χ1v) is 11.5. The van der Waals surface area contributed by atoms with Crippen LogP contribution in [0.15, 0.2) is 0 Å². The summed E-state index contributed by atoms with van der Waals surface area (Å²) < 4.78 is 17.3. The lowest BCUT2D eigenvalue weighted by Crippen LogP contribution is -2.67. The molecule has 1 aliphatic rings.